The van der Waals surface area contributed by atoms with Crippen molar-refractivity contribution in [2.45, 2.75) is 11.6 Å². The van der Waals surface area contributed by atoms with Gasteiger partial charge < -0.3 is 20.6 Å². The number of nitriles is 1. The number of para-hydroxylation sites is 1. The Labute approximate surface area is 126 Å². The highest BCUT2D eigenvalue weighted by atomic mass is 19.4. The summed E-state index contributed by atoms with van der Waals surface area (Å²) in [5.41, 5.74) is 0.144. The van der Waals surface area contributed by atoms with Gasteiger partial charge in [0.2, 0.25) is 17.2 Å². The van der Waals surface area contributed by atoms with Crippen molar-refractivity contribution in [1.82, 2.24) is 4.98 Å². The number of aliphatic carboxylic acids is 1. The minimum atomic E-state index is -5.31. The number of alkyl halides is 3. The Bertz CT molecular complexity index is 907. The molecule has 0 spiro atoms. The third-order valence-corrected chi connectivity index (χ3v) is 3.74. The topological polar surface area (TPSA) is 112 Å². The maximum atomic E-state index is 13.9. The Morgan fingerprint density at radius 3 is 2.61 bits per heavy atom. The largest absolute Gasteiger partial charge is 0.480 e. The summed E-state index contributed by atoms with van der Waals surface area (Å²) in [7, 11) is 0. The van der Waals surface area contributed by atoms with E-state index in [1.807, 2.05) is 0 Å². The SMILES string of the molecule is N#CC1=C(N)Oc2[nH]c3ccccc3c2C1(C(=O)O)C(F)(F)F. The van der Waals surface area contributed by atoms with Crippen molar-refractivity contribution in [2.24, 2.45) is 5.73 Å². The molecule has 3 rings (SSSR count). The molecule has 0 aliphatic carbocycles. The van der Waals surface area contributed by atoms with Gasteiger partial charge in [0, 0.05) is 10.9 Å². The van der Waals surface area contributed by atoms with E-state index in [-0.39, 0.29) is 10.9 Å². The molecule has 0 saturated carbocycles. The molecular formula is C14H8F3N3O3. The van der Waals surface area contributed by atoms with E-state index in [1.165, 1.54) is 24.3 Å². The molecule has 0 amide bonds. The van der Waals surface area contributed by atoms with Gasteiger partial charge in [-0.2, -0.15) is 18.4 Å². The number of carboxylic acids is 1. The molecule has 0 fully saturated rings. The Kier molecular flexibility index (Phi) is 2.84. The number of carbonyl (C=O) groups is 1. The lowest BCUT2D eigenvalue weighted by Crippen LogP contribution is -2.53. The van der Waals surface area contributed by atoms with Crippen LogP contribution >= 0.6 is 0 Å². The molecule has 1 unspecified atom stereocenters. The molecule has 2 aromatic rings. The fourth-order valence-electron chi connectivity index (χ4n) is 2.79. The highest BCUT2D eigenvalue weighted by Gasteiger charge is 2.69. The first-order valence-corrected chi connectivity index (χ1v) is 6.24. The van der Waals surface area contributed by atoms with Crippen LogP contribution in [0.2, 0.25) is 0 Å². The molecule has 0 bridgehead atoms. The van der Waals surface area contributed by atoms with E-state index in [9.17, 15) is 23.1 Å². The van der Waals surface area contributed by atoms with Crippen LogP contribution in [-0.4, -0.2) is 22.2 Å². The zero-order valence-corrected chi connectivity index (χ0v) is 11.2. The maximum Gasteiger partial charge on any atom is 0.414 e. The van der Waals surface area contributed by atoms with E-state index in [0.717, 1.165) is 0 Å². The second-order valence-corrected chi connectivity index (χ2v) is 4.88. The van der Waals surface area contributed by atoms with E-state index in [2.05, 4.69) is 4.98 Å². The van der Waals surface area contributed by atoms with Gasteiger partial charge in [0.05, 0.1) is 5.56 Å². The molecule has 1 aromatic carbocycles. The van der Waals surface area contributed by atoms with Crippen LogP contribution in [0.25, 0.3) is 10.9 Å². The molecule has 0 radical (unpaired) electrons. The van der Waals surface area contributed by atoms with Crippen molar-refractivity contribution in [2.75, 3.05) is 0 Å². The zero-order valence-electron chi connectivity index (χ0n) is 11.2. The van der Waals surface area contributed by atoms with Crippen LogP contribution in [0.5, 0.6) is 5.88 Å². The van der Waals surface area contributed by atoms with Crippen LogP contribution in [0.3, 0.4) is 0 Å². The van der Waals surface area contributed by atoms with Crippen LogP contribution in [0.1, 0.15) is 5.56 Å². The Morgan fingerprint density at radius 1 is 1.39 bits per heavy atom. The lowest BCUT2D eigenvalue weighted by atomic mass is 9.72. The minimum Gasteiger partial charge on any atom is -0.480 e. The van der Waals surface area contributed by atoms with Gasteiger partial charge in [0.1, 0.15) is 11.6 Å². The summed E-state index contributed by atoms with van der Waals surface area (Å²) in [5, 5.41) is 18.5. The van der Waals surface area contributed by atoms with Gasteiger partial charge in [-0.1, -0.05) is 18.2 Å². The lowest BCUT2D eigenvalue weighted by molar-refractivity contribution is -0.197. The molecule has 6 nitrogen and oxygen atoms in total. The summed E-state index contributed by atoms with van der Waals surface area (Å²) in [4.78, 5) is 14.3. The third-order valence-electron chi connectivity index (χ3n) is 3.74. The number of benzene rings is 1. The highest BCUT2D eigenvalue weighted by Crippen LogP contribution is 2.54. The van der Waals surface area contributed by atoms with Crippen LogP contribution < -0.4 is 10.5 Å². The molecule has 1 aliphatic rings. The second kappa shape index (κ2) is 4.42. The minimum absolute atomic E-state index is 0.0116. The smallest absolute Gasteiger partial charge is 0.414 e. The molecule has 1 atom stereocenters. The van der Waals surface area contributed by atoms with Crippen molar-refractivity contribution < 1.29 is 27.8 Å². The summed E-state index contributed by atoms with van der Waals surface area (Å²) >= 11 is 0. The molecule has 1 aliphatic heterocycles. The number of nitrogens with two attached hydrogens (primary N) is 1. The normalized spacial score (nSPS) is 20.8. The first-order valence-electron chi connectivity index (χ1n) is 6.24. The van der Waals surface area contributed by atoms with E-state index in [0.29, 0.717) is 0 Å². The average Bonchev–Trinajstić information content (AvgIpc) is 2.81. The van der Waals surface area contributed by atoms with E-state index < -0.39 is 40.5 Å². The molecule has 23 heavy (non-hydrogen) atoms. The molecule has 2 heterocycles. The van der Waals surface area contributed by atoms with Crippen LogP contribution in [0.15, 0.2) is 35.7 Å². The quantitative estimate of drug-likeness (QED) is 0.744. The number of nitrogens with zero attached hydrogens (tertiary/aromatic N) is 1. The van der Waals surface area contributed by atoms with Crippen molar-refractivity contribution in [3.63, 3.8) is 0 Å². The van der Waals surface area contributed by atoms with Gasteiger partial charge in [-0.15, -0.1) is 0 Å². The van der Waals surface area contributed by atoms with Crippen LogP contribution in [0, 0.1) is 11.3 Å². The molecule has 1 aromatic heterocycles. The van der Waals surface area contributed by atoms with Gasteiger partial charge in [0.25, 0.3) is 0 Å². The number of hydrogen-bond donors (Lipinski definition) is 3. The van der Waals surface area contributed by atoms with E-state index in [4.69, 9.17) is 15.7 Å². The van der Waals surface area contributed by atoms with Gasteiger partial charge >= 0.3 is 12.1 Å². The lowest BCUT2D eigenvalue weighted by Gasteiger charge is -2.34. The summed E-state index contributed by atoms with van der Waals surface area (Å²) in [6, 6.07) is 7.03. The van der Waals surface area contributed by atoms with Crippen LogP contribution in [-0.2, 0) is 10.2 Å². The number of hydrogen-bond acceptors (Lipinski definition) is 4. The predicted octanol–water partition coefficient (Wildman–Crippen LogP) is 2.14. The number of fused-ring (bicyclic) bond motifs is 3. The predicted molar refractivity (Wildman–Crippen MR) is 71.1 cm³/mol. The van der Waals surface area contributed by atoms with Crippen LogP contribution in [0.4, 0.5) is 13.2 Å². The number of ether oxygens (including phenoxy) is 1. The summed E-state index contributed by atoms with van der Waals surface area (Å²) in [5.74, 6) is -3.59. The maximum absolute atomic E-state index is 13.9. The second-order valence-electron chi connectivity index (χ2n) is 4.88. The van der Waals surface area contributed by atoms with Gasteiger partial charge in [-0.3, -0.25) is 4.79 Å². The number of carboxylic acid groups (broad SMARTS) is 1. The number of nitrogens with one attached hydrogen (secondary N) is 1. The third kappa shape index (κ3) is 1.66. The van der Waals surface area contributed by atoms with Crippen molar-refractivity contribution in [3.05, 3.63) is 41.3 Å². The van der Waals surface area contributed by atoms with Crippen molar-refractivity contribution in [3.8, 4) is 11.9 Å². The number of aromatic nitrogens is 1. The Morgan fingerprint density at radius 2 is 2.04 bits per heavy atom. The van der Waals surface area contributed by atoms with E-state index >= 15 is 0 Å². The molecule has 4 N–H and O–H groups in total. The molecular weight excluding hydrogens is 315 g/mol. The van der Waals surface area contributed by atoms with Gasteiger partial charge in [0.15, 0.2) is 0 Å². The number of halogens is 3. The standard InChI is InChI=1S/C14H8F3N3O3/c15-14(16,17)13(12(21)22)7(5-18)10(19)23-11-9(13)6-3-1-2-4-8(6)20-11/h1-4,20H,19H2,(H,21,22). The fraction of sp³-hybridized carbons (Fsp3) is 0.143. The summed E-state index contributed by atoms with van der Waals surface area (Å²) in [6.07, 6.45) is -5.31. The molecule has 9 heteroatoms. The van der Waals surface area contributed by atoms with Gasteiger partial charge in [-0.05, 0) is 6.07 Å². The Balaban J connectivity index is 2.55. The highest BCUT2D eigenvalue weighted by molar-refractivity contribution is 5.99. The summed E-state index contributed by atoms with van der Waals surface area (Å²) < 4.78 is 46.6. The van der Waals surface area contributed by atoms with Crippen molar-refractivity contribution in [1.29, 1.82) is 5.26 Å². The Hall–Kier alpha value is -3.15. The van der Waals surface area contributed by atoms with Crippen molar-refractivity contribution >= 4 is 16.9 Å². The average molecular weight is 323 g/mol. The van der Waals surface area contributed by atoms with E-state index in [1.54, 1.807) is 6.07 Å². The number of H-pyrrole nitrogens is 1. The fourth-order valence-corrected chi connectivity index (χ4v) is 2.79. The number of aromatic amines is 1. The first-order chi connectivity index (χ1) is 10.7. The monoisotopic (exact) mass is 323 g/mol. The zero-order chi connectivity index (χ0) is 17.0. The van der Waals surface area contributed by atoms with Gasteiger partial charge in [-0.25, -0.2) is 0 Å². The first kappa shape index (κ1) is 14.8. The molecule has 118 valence electrons. The number of rotatable bonds is 1. The molecule has 0 saturated heterocycles. The summed E-state index contributed by atoms with van der Waals surface area (Å²) in [6.45, 7) is 0.